The van der Waals surface area contributed by atoms with Crippen molar-refractivity contribution in [1.82, 2.24) is 15.5 Å². The van der Waals surface area contributed by atoms with E-state index >= 15 is 0 Å². The van der Waals surface area contributed by atoms with Gasteiger partial charge in [0.2, 0.25) is 5.91 Å². The molecule has 5 heteroatoms. The second-order valence-electron chi connectivity index (χ2n) is 7.52. The molecule has 1 aromatic rings. The summed E-state index contributed by atoms with van der Waals surface area (Å²) in [5, 5.41) is 6.25. The number of rotatable bonds is 5. The molecule has 1 heterocycles. The summed E-state index contributed by atoms with van der Waals surface area (Å²) in [6, 6.07) is 9.94. The maximum atomic E-state index is 12.0. The Hall–Kier alpha value is -2.04. The SMILES string of the molecule is CN=C(NCCC(=O)NCc1ccccc1)N1CC(C)(C)C1(C)C. The number of likely N-dealkylation sites (tertiary alicyclic amines) is 1. The largest absolute Gasteiger partial charge is 0.356 e. The van der Waals surface area contributed by atoms with E-state index in [0.29, 0.717) is 19.5 Å². The summed E-state index contributed by atoms with van der Waals surface area (Å²) in [5.41, 5.74) is 1.43. The Balaban J connectivity index is 1.74. The number of hydrogen-bond acceptors (Lipinski definition) is 2. The molecular weight excluding hydrogens is 300 g/mol. The Labute approximate surface area is 145 Å². The van der Waals surface area contributed by atoms with Crippen molar-refractivity contribution < 1.29 is 4.79 Å². The quantitative estimate of drug-likeness (QED) is 0.644. The molecule has 0 bridgehead atoms. The van der Waals surface area contributed by atoms with Gasteiger partial charge in [0.15, 0.2) is 5.96 Å². The van der Waals surface area contributed by atoms with Gasteiger partial charge in [0.1, 0.15) is 0 Å². The van der Waals surface area contributed by atoms with Crippen LogP contribution in [0.15, 0.2) is 35.3 Å². The summed E-state index contributed by atoms with van der Waals surface area (Å²) in [6.45, 7) is 11.1. The number of amides is 1. The van der Waals surface area contributed by atoms with E-state index in [9.17, 15) is 4.79 Å². The van der Waals surface area contributed by atoms with Gasteiger partial charge >= 0.3 is 0 Å². The third-order valence-electron chi connectivity index (χ3n) is 5.32. The fourth-order valence-electron chi connectivity index (χ4n) is 2.87. The van der Waals surface area contributed by atoms with Crippen molar-refractivity contribution in [3.8, 4) is 0 Å². The molecule has 1 amide bonds. The van der Waals surface area contributed by atoms with Crippen molar-refractivity contribution in [3.63, 3.8) is 0 Å². The molecule has 1 aliphatic heterocycles. The van der Waals surface area contributed by atoms with Crippen LogP contribution in [0, 0.1) is 5.41 Å². The number of carbonyl (C=O) groups is 1. The van der Waals surface area contributed by atoms with Crippen molar-refractivity contribution >= 4 is 11.9 Å². The Bertz CT molecular complexity index is 593. The third kappa shape index (κ3) is 3.89. The molecule has 2 rings (SSSR count). The molecule has 1 aliphatic rings. The summed E-state index contributed by atoms with van der Waals surface area (Å²) in [7, 11) is 1.79. The second kappa shape index (κ2) is 7.24. The molecule has 5 nitrogen and oxygen atoms in total. The van der Waals surface area contributed by atoms with Gasteiger partial charge in [-0.15, -0.1) is 0 Å². The topological polar surface area (TPSA) is 56.7 Å². The van der Waals surface area contributed by atoms with Gasteiger partial charge in [-0.25, -0.2) is 0 Å². The number of nitrogens with one attached hydrogen (secondary N) is 2. The molecule has 0 aliphatic carbocycles. The summed E-state index contributed by atoms with van der Waals surface area (Å²) in [4.78, 5) is 18.6. The van der Waals surface area contributed by atoms with Gasteiger partial charge in [0.05, 0.1) is 0 Å². The number of carbonyl (C=O) groups excluding carboxylic acids is 1. The van der Waals surface area contributed by atoms with Gasteiger partial charge in [0, 0.05) is 44.1 Å². The van der Waals surface area contributed by atoms with Crippen LogP contribution < -0.4 is 10.6 Å². The summed E-state index contributed by atoms with van der Waals surface area (Å²) in [5.74, 6) is 0.917. The Morgan fingerprint density at radius 3 is 2.38 bits per heavy atom. The fourth-order valence-corrected chi connectivity index (χ4v) is 2.87. The first-order valence-electron chi connectivity index (χ1n) is 8.57. The molecule has 24 heavy (non-hydrogen) atoms. The van der Waals surface area contributed by atoms with Crippen LogP contribution in [0.1, 0.15) is 39.7 Å². The van der Waals surface area contributed by atoms with Gasteiger partial charge < -0.3 is 15.5 Å². The number of aliphatic imine (C=N–C) groups is 1. The number of nitrogens with zero attached hydrogens (tertiary/aromatic N) is 2. The third-order valence-corrected chi connectivity index (χ3v) is 5.32. The average Bonchev–Trinajstić information content (AvgIpc) is 2.56. The predicted molar refractivity (Wildman–Crippen MR) is 98.8 cm³/mol. The van der Waals surface area contributed by atoms with Crippen LogP contribution >= 0.6 is 0 Å². The first-order valence-corrected chi connectivity index (χ1v) is 8.57. The van der Waals surface area contributed by atoms with Crippen LogP contribution in [-0.2, 0) is 11.3 Å². The predicted octanol–water partition coefficient (Wildman–Crippen LogP) is 2.39. The van der Waals surface area contributed by atoms with Crippen LogP contribution in [0.4, 0.5) is 0 Å². The minimum absolute atomic E-state index is 0.0463. The molecule has 0 aromatic heterocycles. The highest BCUT2D eigenvalue weighted by Gasteiger charge is 2.53. The Kier molecular flexibility index (Phi) is 5.52. The van der Waals surface area contributed by atoms with E-state index in [0.717, 1.165) is 18.1 Å². The number of guanidine groups is 1. The van der Waals surface area contributed by atoms with Crippen LogP contribution in [0.25, 0.3) is 0 Å². The first kappa shape index (κ1) is 18.3. The standard InChI is InChI=1S/C19H30N4O/c1-18(2)14-23(19(18,3)4)17(20-5)21-12-11-16(24)22-13-15-9-7-6-8-10-15/h6-10H,11-14H2,1-5H3,(H,20,21)(H,22,24). The maximum Gasteiger partial charge on any atom is 0.222 e. The highest BCUT2D eigenvalue weighted by Crippen LogP contribution is 2.46. The molecule has 0 spiro atoms. The number of hydrogen-bond donors (Lipinski definition) is 2. The first-order chi connectivity index (χ1) is 11.3. The van der Waals surface area contributed by atoms with Crippen LogP contribution in [0.5, 0.6) is 0 Å². The van der Waals surface area contributed by atoms with Crippen molar-refractivity contribution in [3.05, 3.63) is 35.9 Å². The van der Waals surface area contributed by atoms with E-state index in [1.54, 1.807) is 7.05 Å². The molecule has 2 N–H and O–H groups in total. The van der Waals surface area contributed by atoms with Crippen molar-refractivity contribution in [1.29, 1.82) is 0 Å². The normalized spacial score (nSPS) is 18.7. The summed E-state index contributed by atoms with van der Waals surface area (Å²) in [6.07, 6.45) is 0.434. The average molecular weight is 330 g/mol. The molecule has 1 aromatic carbocycles. The molecule has 1 saturated heterocycles. The van der Waals surface area contributed by atoms with E-state index in [1.807, 2.05) is 30.3 Å². The fraction of sp³-hybridized carbons (Fsp3) is 0.579. The lowest BCUT2D eigenvalue weighted by molar-refractivity contribution is -0.121. The highest BCUT2D eigenvalue weighted by atomic mass is 16.1. The zero-order valence-corrected chi connectivity index (χ0v) is 15.5. The zero-order valence-electron chi connectivity index (χ0n) is 15.5. The van der Waals surface area contributed by atoms with E-state index in [1.165, 1.54) is 0 Å². The lowest BCUT2D eigenvalue weighted by atomic mass is 9.65. The van der Waals surface area contributed by atoms with Gasteiger partial charge in [-0.3, -0.25) is 9.79 Å². The van der Waals surface area contributed by atoms with Crippen LogP contribution in [0.2, 0.25) is 0 Å². The molecule has 0 atom stereocenters. The summed E-state index contributed by atoms with van der Waals surface area (Å²) >= 11 is 0. The molecule has 0 saturated carbocycles. The van der Waals surface area contributed by atoms with E-state index in [2.05, 4.69) is 48.2 Å². The van der Waals surface area contributed by atoms with E-state index in [4.69, 9.17) is 0 Å². The highest BCUT2D eigenvalue weighted by molar-refractivity contribution is 5.83. The van der Waals surface area contributed by atoms with E-state index < -0.39 is 0 Å². The Morgan fingerprint density at radius 1 is 1.17 bits per heavy atom. The second-order valence-corrected chi connectivity index (χ2v) is 7.52. The molecule has 1 fully saturated rings. The van der Waals surface area contributed by atoms with Crippen molar-refractivity contribution in [2.24, 2.45) is 10.4 Å². The smallest absolute Gasteiger partial charge is 0.222 e. The van der Waals surface area contributed by atoms with Crippen LogP contribution in [0.3, 0.4) is 0 Å². The van der Waals surface area contributed by atoms with Gasteiger partial charge in [-0.1, -0.05) is 44.2 Å². The monoisotopic (exact) mass is 330 g/mol. The lowest BCUT2D eigenvalue weighted by Crippen LogP contribution is -2.72. The molecule has 0 radical (unpaired) electrons. The minimum Gasteiger partial charge on any atom is -0.356 e. The van der Waals surface area contributed by atoms with Gasteiger partial charge in [-0.05, 0) is 19.4 Å². The minimum atomic E-state index is 0.0463. The van der Waals surface area contributed by atoms with E-state index in [-0.39, 0.29) is 16.9 Å². The molecular formula is C19H30N4O. The molecule has 0 unspecified atom stereocenters. The maximum absolute atomic E-state index is 12.0. The van der Waals surface area contributed by atoms with Crippen molar-refractivity contribution in [2.75, 3.05) is 20.1 Å². The zero-order chi connectivity index (χ0) is 17.8. The van der Waals surface area contributed by atoms with Crippen molar-refractivity contribution in [2.45, 2.75) is 46.2 Å². The Morgan fingerprint density at radius 2 is 1.83 bits per heavy atom. The van der Waals surface area contributed by atoms with Crippen LogP contribution in [-0.4, -0.2) is 42.4 Å². The summed E-state index contributed by atoms with van der Waals surface area (Å²) < 4.78 is 0. The lowest BCUT2D eigenvalue weighted by Gasteiger charge is -2.62. The van der Waals surface area contributed by atoms with Gasteiger partial charge in [-0.2, -0.15) is 0 Å². The van der Waals surface area contributed by atoms with Gasteiger partial charge in [0.25, 0.3) is 0 Å². The number of benzene rings is 1. The molecule has 132 valence electrons.